The lowest BCUT2D eigenvalue weighted by Crippen LogP contribution is -2.04. The number of esters is 1. The second-order valence-corrected chi connectivity index (χ2v) is 3.33. The lowest BCUT2D eigenvalue weighted by molar-refractivity contribution is 0.0594. The van der Waals surface area contributed by atoms with Crippen molar-refractivity contribution in [1.29, 1.82) is 0 Å². The number of benzene rings is 1. The Morgan fingerprint density at radius 3 is 2.80 bits per heavy atom. The number of ether oxygens (including phenoxy) is 1. The van der Waals surface area contributed by atoms with Gasteiger partial charge in [-0.2, -0.15) is 0 Å². The minimum absolute atomic E-state index is 0.355. The van der Waals surface area contributed by atoms with Crippen molar-refractivity contribution in [3.05, 3.63) is 41.6 Å². The summed E-state index contributed by atoms with van der Waals surface area (Å²) in [4.78, 5) is 15.6. The summed E-state index contributed by atoms with van der Waals surface area (Å²) in [5.41, 5.74) is 2.20. The van der Waals surface area contributed by atoms with Crippen LogP contribution in [0, 0.1) is 6.92 Å². The molecule has 0 aliphatic heterocycles. The molecule has 1 aromatic heterocycles. The maximum absolute atomic E-state index is 11.3. The zero-order valence-corrected chi connectivity index (χ0v) is 8.65. The van der Waals surface area contributed by atoms with Gasteiger partial charge < -0.3 is 4.74 Å². The first-order chi connectivity index (χ1) is 7.22. The number of pyridine rings is 1. The van der Waals surface area contributed by atoms with Crippen LogP contribution in [-0.2, 0) is 4.74 Å². The van der Waals surface area contributed by atoms with Gasteiger partial charge in [-0.15, -0.1) is 0 Å². The molecule has 0 saturated heterocycles. The first kappa shape index (κ1) is 9.65. The van der Waals surface area contributed by atoms with Gasteiger partial charge in [-0.3, -0.25) is 0 Å². The standard InChI is InChI=1S/C12H11NO2/c1-8-7-11(12(14)15-2)13-10-6-4-3-5-9(8)10/h3-7H,1-2H3. The number of rotatable bonds is 1. The van der Waals surface area contributed by atoms with Gasteiger partial charge in [0.25, 0.3) is 0 Å². The Morgan fingerprint density at radius 1 is 1.33 bits per heavy atom. The van der Waals surface area contributed by atoms with E-state index >= 15 is 0 Å². The summed E-state index contributed by atoms with van der Waals surface area (Å²) in [6, 6.07) is 9.46. The number of hydrogen-bond donors (Lipinski definition) is 0. The van der Waals surface area contributed by atoms with E-state index in [9.17, 15) is 4.79 Å². The molecular weight excluding hydrogens is 190 g/mol. The zero-order chi connectivity index (χ0) is 10.8. The van der Waals surface area contributed by atoms with E-state index < -0.39 is 5.97 Å². The SMILES string of the molecule is COC(=O)c1cc(C)c2ccccc2n1. The van der Waals surface area contributed by atoms with Gasteiger partial charge in [-0.25, -0.2) is 9.78 Å². The molecule has 0 unspecified atom stereocenters. The van der Waals surface area contributed by atoms with E-state index in [1.807, 2.05) is 31.2 Å². The van der Waals surface area contributed by atoms with Crippen LogP contribution in [0.2, 0.25) is 0 Å². The summed E-state index contributed by atoms with van der Waals surface area (Å²) in [5.74, 6) is -0.399. The molecule has 0 radical (unpaired) electrons. The largest absolute Gasteiger partial charge is 0.464 e. The molecule has 0 spiro atoms. The van der Waals surface area contributed by atoms with Crippen LogP contribution in [-0.4, -0.2) is 18.1 Å². The van der Waals surface area contributed by atoms with E-state index in [-0.39, 0.29) is 0 Å². The van der Waals surface area contributed by atoms with E-state index in [1.165, 1.54) is 7.11 Å². The Morgan fingerprint density at radius 2 is 2.07 bits per heavy atom. The summed E-state index contributed by atoms with van der Waals surface area (Å²) in [6.45, 7) is 1.95. The van der Waals surface area contributed by atoms with E-state index in [1.54, 1.807) is 6.07 Å². The molecule has 76 valence electrons. The Bertz CT molecular complexity index is 520. The van der Waals surface area contributed by atoms with Gasteiger partial charge in [-0.05, 0) is 24.6 Å². The third kappa shape index (κ3) is 1.68. The van der Waals surface area contributed by atoms with Crippen LogP contribution < -0.4 is 0 Å². The maximum Gasteiger partial charge on any atom is 0.356 e. The summed E-state index contributed by atoms with van der Waals surface area (Å²) in [5, 5.41) is 1.06. The highest BCUT2D eigenvalue weighted by atomic mass is 16.5. The van der Waals surface area contributed by atoms with Crippen LogP contribution in [0.5, 0.6) is 0 Å². The van der Waals surface area contributed by atoms with Gasteiger partial charge in [0.15, 0.2) is 0 Å². The lowest BCUT2D eigenvalue weighted by Gasteiger charge is -2.04. The van der Waals surface area contributed by atoms with Crippen LogP contribution in [0.25, 0.3) is 10.9 Å². The predicted octanol–water partition coefficient (Wildman–Crippen LogP) is 2.33. The number of nitrogens with zero attached hydrogens (tertiary/aromatic N) is 1. The first-order valence-electron chi connectivity index (χ1n) is 4.67. The predicted molar refractivity (Wildman–Crippen MR) is 57.8 cm³/mol. The molecule has 2 rings (SSSR count). The van der Waals surface area contributed by atoms with Crippen LogP contribution >= 0.6 is 0 Å². The molecule has 0 aliphatic rings. The number of methoxy groups -OCH3 is 1. The minimum Gasteiger partial charge on any atom is -0.464 e. The fourth-order valence-corrected chi connectivity index (χ4v) is 1.56. The molecule has 0 N–H and O–H groups in total. The molecule has 0 fully saturated rings. The Labute approximate surface area is 87.7 Å². The first-order valence-corrected chi connectivity index (χ1v) is 4.67. The van der Waals surface area contributed by atoms with Gasteiger partial charge in [0.1, 0.15) is 5.69 Å². The maximum atomic E-state index is 11.3. The van der Waals surface area contributed by atoms with Crippen molar-refractivity contribution in [2.75, 3.05) is 7.11 Å². The number of carbonyl (C=O) groups is 1. The van der Waals surface area contributed by atoms with Crippen molar-refractivity contribution in [3.63, 3.8) is 0 Å². The van der Waals surface area contributed by atoms with Crippen molar-refractivity contribution in [3.8, 4) is 0 Å². The van der Waals surface area contributed by atoms with Crippen molar-refractivity contribution in [1.82, 2.24) is 4.98 Å². The van der Waals surface area contributed by atoms with Crippen molar-refractivity contribution in [2.45, 2.75) is 6.92 Å². The third-order valence-electron chi connectivity index (χ3n) is 2.32. The van der Waals surface area contributed by atoms with Crippen LogP contribution in [0.1, 0.15) is 16.1 Å². The Kier molecular flexibility index (Phi) is 2.37. The van der Waals surface area contributed by atoms with Gasteiger partial charge in [0.2, 0.25) is 0 Å². The molecule has 1 aromatic carbocycles. The highest BCUT2D eigenvalue weighted by Crippen LogP contribution is 2.17. The molecule has 3 heteroatoms. The van der Waals surface area contributed by atoms with Crippen LogP contribution in [0.3, 0.4) is 0 Å². The summed E-state index contributed by atoms with van der Waals surface area (Å²) in [6.07, 6.45) is 0. The number of aromatic nitrogens is 1. The van der Waals surface area contributed by atoms with E-state index in [4.69, 9.17) is 0 Å². The van der Waals surface area contributed by atoms with Gasteiger partial charge in [0.05, 0.1) is 12.6 Å². The summed E-state index contributed by atoms with van der Waals surface area (Å²) >= 11 is 0. The fourth-order valence-electron chi connectivity index (χ4n) is 1.56. The summed E-state index contributed by atoms with van der Waals surface area (Å²) < 4.78 is 4.64. The van der Waals surface area contributed by atoms with Gasteiger partial charge in [-0.1, -0.05) is 18.2 Å². The zero-order valence-electron chi connectivity index (χ0n) is 8.65. The van der Waals surface area contributed by atoms with E-state index in [0.29, 0.717) is 5.69 Å². The smallest absolute Gasteiger partial charge is 0.356 e. The number of hydrogen-bond acceptors (Lipinski definition) is 3. The molecule has 0 amide bonds. The lowest BCUT2D eigenvalue weighted by atomic mass is 10.1. The molecule has 0 saturated carbocycles. The van der Waals surface area contributed by atoms with Crippen molar-refractivity contribution < 1.29 is 9.53 Å². The number of fused-ring (bicyclic) bond motifs is 1. The van der Waals surface area contributed by atoms with Crippen molar-refractivity contribution >= 4 is 16.9 Å². The van der Waals surface area contributed by atoms with E-state index in [0.717, 1.165) is 16.5 Å². The van der Waals surface area contributed by atoms with Crippen LogP contribution in [0.15, 0.2) is 30.3 Å². The molecule has 15 heavy (non-hydrogen) atoms. The second-order valence-electron chi connectivity index (χ2n) is 3.33. The fraction of sp³-hybridized carbons (Fsp3) is 0.167. The molecule has 1 heterocycles. The number of carbonyl (C=O) groups excluding carboxylic acids is 1. The topological polar surface area (TPSA) is 39.2 Å². The number of aryl methyl sites for hydroxylation is 1. The van der Waals surface area contributed by atoms with Gasteiger partial charge >= 0.3 is 5.97 Å². The molecule has 0 atom stereocenters. The van der Waals surface area contributed by atoms with Crippen molar-refractivity contribution in [2.24, 2.45) is 0 Å². The second kappa shape index (κ2) is 3.69. The Balaban J connectivity index is 2.67. The monoisotopic (exact) mass is 201 g/mol. The highest BCUT2D eigenvalue weighted by Gasteiger charge is 2.09. The molecular formula is C12H11NO2. The molecule has 0 aliphatic carbocycles. The molecule has 0 bridgehead atoms. The highest BCUT2D eigenvalue weighted by molar-refractivity contribution is 5.92. The summed E-state index contributed by atoms with van der Waals surface area (Å²) in [7, 11) is 1.36. The molecule has 3 nitrogen and oxygen atoms in total. The minimum atomic E-state index is -0.399. The van der Waals surface area contributed by atoms with Crippen LogP contribution in [0.4, 0.5) is 0 Å². The normalized spacial score (nSPS) is 10.3. The average Bonchev–Trinajstić information content (AvgIpc) is 2.28. The van der Waals surface area contributed by atoms with E-state index in [2.05, 4.69) is 9.72 Å². The molecule has 2 aromatic rings. The quantitative estimate of drug-likeness (QED) is 0.665. The third-order valence-corrected chi connectivity index (χ3v) is 2.32. The van der Waals surface area contributed by atoms with Gasteiger partial charge in [0, 0.05) is 5.39 Å². The number of para-hydroxylation sites is 1. The Hall–Kier alpha value is -1.90. The average molecular weight is 201 g/mol.